The third-order valence-electron chi connectivity index (χ3n) is 3.86. The number of carbonyl (C=O) groups is 1. The van der Waals surface area contributed by atoms with E-state index in [-0.39, 0.29) is 5.91 Å². The SMILES string of the molecule is Cc1nc(S[C@@H](C)C(=O)Nc2cc(Cl)cc(Cl)c2)c(C#N)c(C)c1C. The van der Waals surface area contributed by atoms with E-state index in [1.54, 1.807) is 25.1 Å². The lowest BCUT2D eigenvalue weighted by Gasteiger charge is -2.15. The molecule has 2 aromatic rings. The zero-order chi connectivity index (χ0) is 18.7. The number of anilines is 1. The van der Waals surface area contributed by atoms with Gasteiger partial charge in [-0.1, -0.05) is 35.0 Å². The molecule has 1 N–H and O–H groups in total. The third-order valence-corrected chi connectivity index (χ3v) is 5.39. The van der Waals surface area contributed by atoms with Crippen molar-refractivity contribution >= 4 is 46.6 Å². The van der Waals surface area contributed by atoms with Crippen molar-refractivity contribution in [2.24, 2.45) is 0 Å². The summed E-state index contributed by atoms with van der Waals surface area (Å²) in [5, 5.41) is 13.2. The molecule has 2 rings (SSSR count). The molecule has 1 atom stereocenters. The molecule has 0 aliphatic heterocycles. The van der Waals surface area contributed by atoms with E-state index in [0.717, 1.165) is 16.8 Å². The minimum atomic E-state index is -0.445. The lowest BCUT2D eigenvalue weighted by Crippen LogP contribution is -2.22. The molecule has 25 heavy (non-hydrogen) atoms. The Morgan fingerprint density at radius 3 is 2.36 bits per heavy atom. The Hall–Kier alpha value is -1.74. The van der Waals surface area contributed by atoms with Crippen LogP contribution in [0.4, 0.5) is 5.69 Å². The second-order valence-electron chi connectivity index (χ2n) is 5.65. The van der Waals surface area contributed by atoms with Gasteiger partial charge in [-0.25, -0.2) is 4.98 Å². The van der Waals surface area contributed by atoms with Crippen LogP contribution in [0.25, 0.3) is 0 Å². The Kier molecular flexibility index (Phi) is 6.34. The summed E-state index contributed by atoms with van der Waals surface area (Å²) in [4.78, 5) is 16.9. The number of benzene rings is 1. The van der Waals surface area contributed by atoms with Crippen molar-refractivity contribution in [3.63, 3.8) is 0 Å². The number of pyridine rings is 1. The van der Waals surface area contributed by atoms with Gasteiger partial charge in [0.15, 0.2) is 0 Å². The third kappa shape index (κ3) is 4.66. The van der Waals surface area contributed by atoms with Crippen LogP contribution in [-0.2, 0) is 4.79 Å². The van der Waals surface area contributed by atoms with Gasteiger partial charge in [-0.05, 0) is 57.0 Å². The summed E-state index contributed by atoms with van der Waals surface area (Å²) < 4.78 is 0. The largest absolute Gasteiger partial charge is 0.325 e. The number of halogens is 2. The fourth-order valence-electron chi connectivity index (χ4n) is 2.22. The van der Waals surface area contributed by atoms with Crippen LogP contribution in [0.3, 0.4) is 0 Å². The molecule has 0 fully saturated rings. The smallest absolute Gasteiger partial charge is 0.237 e. The maximum atomic E-state index is 12.4. The second-order valence-corrected chi connectivity index (χ2v) is 7.85. The minimum Gasteiger partial charge on any atom is -0.325 e. The minimum absolute atomic E-state index is 0.218. The van der Waals surface area contributed by atoms with Crippen molar-refractivity contribution in [2.45, 2.75) is 38.0 Å². The number of rotatable bonds is 4. The Balaban J connectivity index is 2.21. The Morgan fingerprint density at radius 2 is 1.80 bits per heavy atom. The van der Waals surface area contributed by atoms with Crippen LogP contribution in [0, 0.1) is 32.1 Å². The van der Waals surface area contributed by atoms with Crippen LogP contribution in [-0.4, -0.2) is 16.1 Å². The van der Waals surface area contributed by atoms with E-state index in [4.69, 9.17) is 23.2 Å². The number of nitrogens with zero attached hydrogens (tertiary/aromatic N) is 2. The molecular formula is C18H17Cl2N3OS. The van der Waals surface area contributed by atoms with Crippen molar-refractivity contribution < 1.29 is 4.79 Å². The van der Waals surface area contributed by atoms with Crippen LogP contribution in [0.15, 0.2) is 23.2 Å². The van der Waals surface area contributed by atoms with Gasteiger partial charge < -0.3 is 5.32 Å². The van der Waals surface area contributed by atoms with Crippen LogP contribution in [0.2, 0.25) is 10.0 Å². The fraction of sp³-hybridized carbons (Fsp3) is 0.278. The predicted octanol–water partition coefficient (Wildman–Crippen LogP) is 5.30. The van der Waals surface area contributed by atoms with Crippen molar-refractivity contribution in [1.82, 2.24) is 4.98 Å². The fourth-order valence-corrected chi connectivity index (χ4v) is 3.75. The van der Waals surface area contributed by atoms with E-state index in [1.807, 2.05) is 20.8 Å². The Bertz CT molecular complexity index is 857. The quantitative estimate of drug-likeness (QED) is 0.715. The summed E-state index contributed by atoms with van der Waals surface area (Å²) in [7, 11) is 0. The molecule has 0 aliphatic carbocycles. The lowest BCUT2D eigenvalue weighted by atomic mass is 10.1. The molecule has 1 amide bonds. The van der Waals surface area contributed by atoms with E-state index >= 15 is 0 Å². The highest BCUT2D eigenvalue weighted by Crippen LogP contribution is 2.30. The zero-order valence-corrected chi connectivity index (χ0v) is 16.6. The summed E-state index contributed by atoms with van der Waals surface area (Å²) in [6.07, 6.45) is 0. The molecule has 0 saturated heterocycles. The molecule has 130 valence electrons. The van der Waals surface area contributed by atoms with Crippen molar-refractivity contribution in [3.8, 4) is 6.07 Å². The number of aryl methyl sites for hydroxylation is 1. The summed E-state index contributed by atoms with van der Waals surface area (Å²) in [5.74, 6) is -0.218. The van der Waals surface area contributed by atoms with E-state index in [9.17, 15) is 10.1 Å². The molecular weight excluding hydrogens is 377 g/mol. The van der Waals surface area contributed by atoms with Crippen molar-refractivity contribution in [2.75, 3.05) is 5.32 Å². The van der Waals surface area contributed by atoms with Gasteiger partial charge in [-0.2, -0.15) is 5.26 Å². The summed E-state index contributed by atoms with van der Waals surface area (Å²) in [6.45, 7) is 7.49. The zero-order valence-electron chi connectivity index (χ0n) is 14.3. The monoisotopic (exact) mass is 393 g/mol. The highest BCUT2D eigenvalue weighted by molar-refractivity contribution is 8.00. The average Bonchev–Trinajstić information content (AvgIpc) is 2.52. The summed E-state index contributed by atoms with van der Waals surface area (Å²) in [6, 6.07) is 7.04. The van der Waals surface area contributed by atoms with E-state index in [2.05, 4.69) is 16.4 Å². The maximum absolute atomic E-state index is 12.4. The molecule has 0 radical (unpaired) electrons. The molecule has 4 nitrogen and oxygen atoms in total. The number of hydrogen-bond acceptors (Lipinski definition) is 4. The highest BCUT2D eigenvalue weighted by Gasteiger charge is 2.20. The Morgan fingerprint density at radius 1 is 1.20 bits per heavy atom. The van der Waals surface area contributed by atoms with Gasteiger partial charge in [0.25, 0.3) is 0 Å². The van der Waals surface area contributed by atoms with Gasteiger partial charge in [-0.3, -0.25) is 4.79 Å². The van der Waals surface area contributed by atoms with Gasteiger partial charge in [0, 0.05) is 21.4 Å². The average molecular weight is 394 g/mol. The normalized spacial score (nSPS) is 11.7. The summed E-state index contributed by atoms with van der Waals surface area (Å²) >= 11 is 13.1. The first-order chi connectivity index (χ1) is 11.7. The highest BCUT2D eigenvalue weighted by atomic mass is 35.5. The van der Waals surface area contributed by atoms with Gasteiger partial charge >= 0.3 is 0 Å². The molecule has 7 heteroatoms. The number of hydrogen-bond donors (Lipinski definition) is 1. The Labute approximate surface area is 161 Å². The number of aromatic nitrogens is 1. The number of amides is 1. The van der Waals surface area contributed by atoms with Crippen molar-refractivity contribution in [3.05, 3.63) is 50.6 Å². The van der Waals surface area contributed by atoms with Crippen molar-refractivity contribution in [1.29, 1.82) is 5.26 Å². The number of carbonyl (C=O) groups excluding carboxylic acids is 1. The van der Waals surface area contributed by atoms with E-state index < -0.39 is 5.25 Å². The van der Waals surface area contributed by atoms with Crippen LogP contribution in [0.5, 0.6) is 0 Å². The molecule has 0 spiro atoms. The maximum Gasteiger partial charge on any atom is 0.237 e. The van der Waals surface area contributed by atoms with E-state index in [1.165, 1.54) is 11.8 Å². The predicted molar refractivity (Wildman–Crippen MR) is 104 cm³/mol. The van der Waals surface area contributed by atoms with Crippen LogP contribution in [0.1, 0.15) is 29.3 Å². The van der Waals surface area contributed by atoms with Gasteiger partial charge in [0.1, 0.15) is 11.1 Å². The number of thioether (sulfide) groups is 1. The number of nitrogens with one attached hydrogen (secondary N) is 1. The first-order valence-corrected chi connectivity index (χ1v) is 9.18. The molecule has 1 heterocycles. The number of nitriles is 1. The van der Waals surface area contributed by atoms with Gasteiger partial charge in [-0.15, -0.1) is 0 Å². The first kappa shape index (κ1) is 19.6. The second kappa shape index (κ2) is 8.09. The van der Waals surface area contributed by atoms with Gasteiger partial charge in [0.05, 0.1) is 10.8 Å². The van der Waals surface area contributed by atoms with E-state index in [0.29, 0.717) is 26.3 Å². The molecule has 1 aromatic carbocycles. The molecule has 0 bridgehead atoms. The van der Waals surface area contributed by atoms with Crippen LogP contribution >= 0.6 is 35.0 Å². The molecule has 0 saturated carbocycles. The first-order valence-electron chi connectivity index (χ1n) is 7.54. The topological polar surface area (TPSA) is 65.8 Å². The van der Waals surface area contributed by atoms with Gasteiger partial charge in [0.2, 0.25) is 5.91 Å². The standard InChI is InChI=1S/C18H17Cl2N3OS/c1-9-10(2)16(8-21)18(22-11(9)3)25-12(4)17(24)23-15-6-13(19)5-14(20)7-15/h5-7,12H,1-4H3,(H,23,24)/t12-/m0/s1. The summed E-state index contributed by atoms with van der Waals surface area (Å²) in [5.41, 5.74) is 3.78. The molecule has 0 unspecified atom stereocenters. The molecule has 1 aromatic heterocycles. The van der Waals surface area contributed by atoms with Crippen LogP contribution < -0.4 is 5.32 Å². The lowest BCUT2D eigenvalue weighted by molar-refractivity contribution is -0.115. The molecule has 0 aliphatic rings.